The van der Waals surface area contributed by atoms with Crippen molar-refractivity contribution in [3.05, 3.63) is 53.1 Å². The van der Waals surface area contributed by atoms with Gasteiger partial charge < -0.3 is 20.1 Å². The summed E-state index contributed by atoms with van der Waals surface area (Å²) in [5, 5.41) is 14.1. The molecule has 2 aromatic carbocycles. The van der Waals surface area contributed by atoms with Crippen LogP contribution >= 0.6 is 11.6 Å². The van der Waals surface area contributed by atoms with Crippen LogP contribution in [0.1, 0.15) is 52.0 Å². The fraction of sp³-hybridized carbons (Fsp3) is 0.500. The second kappa shape index (κ2) is 10.6. The molecule has 0 spiro atoms. The Morgan fingerprint density at radius 2 is 1.72 bits per heavy atom. The molecule has 0 aromatic heterocycles. The maximum absolute atomic E-state index is 11.8. The molecular weight excluding hydrogens is 424 g/mol. The van der Waals surface area contributed by atoms with Crippen molar-refractivity contribution in [1.29, 1.82) is 0 Å². The van der Waals surface area contributed by atoms with Gasteiger partial charge in [-0.2, -0.15) is 0 Å². The summed E-state index contributed by atoms with van der Waals surface area (Å²) in [5.74, 6) is 0.867. The largest absolute Gasteiger partial charge is 0.496 e. The molecule has 6 heteroatoms. The number of hydrogen-bond donors (Lipinski definition) is 2. The van der Waals surface area contributed by atoms with E-state index in [4.69, 9.17) is 16.3 Å². The molecule has 1 saturated carbocycles. The van der Waals surface area contributed by atoms with E-state index in [0.717, 1.165) is 53.1 Å². The summed E-state index contributed by atoms with van der Waals surface area (Å²) in [6.07, 6.45) is 2.92. The highest BCUT2D eigenvalue weighted by molar-refractivity contribution is 6.30. The van der Waals surface area contributed by atoms with Crippen molar-refractivity contribution in [3.63, 3.8) is 0 Å². The van der Waals surface area contributed by atoms with Crippen LogP contribution < -0.4 is 10.1 Å². The minimum absolute atomic E-state index is 0.0425. The summed E-state index contributed by atoms with van der Waals surface area (Å²) in [7, 11) is 1.70. The third-order valence-electron chi connectivity index (χ3n) is 6.07. The Hall–Kier alpha value is -2.24. The van der Waals surface area contributed by atoms with Gasteiger partial charge in [-0.15, -0.1) is 0 Å². The zero-order valence-electron chi connectivity index (χ0n) is 19.5. The number of ether oxygens (including phenoxy) is 1. The van der Waals surface area contributed by atoms with Gasteiger partial charge >= 0.3 is 6.09 Å². The molecule has 1 amide bonds. The Balaban J connectivity index is 1.61. The number of carboxylic acid groups (broad SMARTS) is 1. The minimum Gasteiger partial charge on any atom is -0.496 e. The molecule has 1 aliphatic rings. The van der Waals surface area contributed by atoms with Gasteiger partial charge in [-0.3, -0.25) is 0 Å². The number of benzene rings is 2. The van der Waals surface area contributed by atoms with E-state index in [2.05, 4.69) is 38.2 Å². The van der Waals surface area contributed by atoms with Crippen LogP contribution in [0.15, 0.2) is 42.5 Å². The number of nitrogens with one attached hydrogen (secondary N) is 1. The number of halogens is 1. The summed E-state index contributed by atoms with van der Waals surface area (Å²) >= 11 is 6.03. The van der Waals surface area contributed by atoms with Crippen LogP contribution in [-0.2, 0) is 6.54 Å². The first-order chi connectivity index (χ1) is 15.2. The Morgan fingerprint density at radius 3 is 2.28 bits per heavy atom. The third kappa shape index (κ3) is 6.63. The lowest BCUT2D eigenvalue weighted by molar-refractivity contribution is 0.0847. The van der Waals surface area contributed by atoms with Crippen LogP contribution in [0.25, 0.3) is 11.1 Å². The average molecular weight is 459 g/mol. The quantitative estimate of drug-likeness (QED) is 0.501. The Morgan fingerprint density at radius 1 is 1.09 bits per heavy atom. The highest BCUT2D eigenvalue weighted by atomic mass is 35.5. The molecule has 0 aliphatic heterocycles. The number of rotatable bonds is 7. The summed E-state index contributed by atoms with van der Waals surface area (Å²) < 4.78 is 5.58. The van der Waals surface area contributed by atoms with Gasteiger partial charge in [-0.05, 0) is 66.5 Å². The van der Waals surface area contributed by atoms with E-state index in [1.807, 2.05) is 30.3 Å². The third-order valence-corrected chi connectivity index (χ3v) is 6.32. The van der Waals surface area contributed by atoms with Crippen molar-refractivity contribution in [3.8, 4) is 16.9 Å². The number of hydrogen-bond acceptors (Lipinski definition) is 3. The maximum Gasteiger partial charge on any atom is 0.407 e. The Labute approximate surface area is 196 Å². The normalized spacial score (nSPS) is 18.9. The molecule has 3 rings (SSSR count). The summed E-state index contributed by atoms with van der Waals surface area (Å²) in [5.41, 5.74) is 3.31. The fourth-order valence-corrected chi connectivity index (χ4v) is 4.57. The lowest BCUT2D eigenvalue weighted by Gasteiger charge is -2.38. The van der Waals surface area contributed by atoms with Gasteiger partial charge in [-0.1, -0.05) is 50.6 Å². The van der Waals surface area contributed by atoms with Crippen LogP contribution in [0.3, 0.4) is 0 Å². The molecule has 0 radical (unpaired) electrons. The van der Waals surface area contributed by atoms with Gasteiger partial charge in [0.05, 0.1) is 7.11 Å². The van der Waals surface area contributed by atoms with E-state index in [0.29, 0.717) is 19.1 Å². The van der Waals surface area contributed by atoms with E-state index < -0.39 is 6.09 Å². The molecule has 0 heterocycles. The highest BCUT2D eigenvalue weighted by Crippen LogP contribution is 2.30. The molecule has 0 saturated heterocycles. The van der Waals surface area contributed by atoms with Crippen molar-refractivity contribution in [2.45, 2.75) is 65.1 Å². The SMILES string of the molecule is COc1ccc(-c2ccc(Cl)cc2)cc1CNC1CCC(N(CC(C)(C)C)C(=O)O)CC1. The second-order valence-electron chi connectivity index (χ2n) is 9.89. The lowest BCUT2D eigenvalue weighted by atomic mass is 9.88. The Kier molecular flexibility index (Phi) is 8.07. The van der Waals surface area contributed by atoms with Crippen LogP contribution in [0, 0.1) is 5.41 Å². The van der Waals surface area contributed by atoms with Gasteiger partial charge in [0.15, 0.2) is 0 Å². The number of amides is 1. The minimum atomic E-state index is -0.805. The van der Waals surface area contributed by atoms with Crippen molar-refractivity contribution < 1.29 is 14.6 Å². The smallest absolute Gasteiger partial charge is 0.407 e. The molecule has 1 aliphatic carbocycles. The molecule has 2 N–H and O–H groups in total. The van der Waals surface area contributed by atoms with E-state index >= 15 is 0 Å². The first-order valence-electron chi connectivity index (χ1n) is 11.3. The first kappa shape index (κ1) is 24.4. The molecule has 0 atom stereocenters. The predicted molar refractivity (Wildman–Crippen MR) is 131 cm³/mol. The summed E-state index contributed by atoms with van der Waals surface area (Å²) in [4.78, 5) is 13.4. The first-order valence-corrected chi connectivity index (χ1v) is 11.7. The topological polar surface area (TPSA) is 61.8 Å². The van der Waals surface area contributed by atoms with Crippen molar-refractivity contribution >= 4 is 17.7 Å². The van der Waals surface area contributed by atoms with Crippen LogP contribution in [0.4, 0.5) is 4.79 Å². The number of methoxy groups -OCH3 is 1. The number of carbonyl (C=O) groups is 1. The lowest BCUT2D eigenvalue weighted by Crippen LogP contribution is -2.47. The number of nitrogens with zero attached hydrogens (tertiary/aromatic N) is 1. The van der Waals surface area contributed by atoms with Gasteiger partial charge in [0.2, 0.25) is 0 Å². The van der Waals surface area contributed by atoms with Gasteiger partial charge in [0.1, 0.15) is 5.75 Å². The molecule has 32 heavy (non-hydrogen) atoms. The van der Waals surface area contributed by atoms with Crippen LogP contribution in [-0.4, -0.2) is 41.8 Å². The summed E-state index contributed by atoms with van der Waals surface area (Å²) in [6, 6.07) is 14.6. The molecule has 0 bridgehead atoms. The Bertz CT molecular complexity index is 900. The molecular formula is C26H35ClN2O3. The summed E-state index contributed by atoms with van der Waals surface area (Å²) in [6.45, 7) is 7.54. The zero-order valence-corrected chi connectivity index (χ0v) is 20.3. The maximum atomic E-state index is 11.8. The molecule has 1 fully saturated rings. The van der Waals surface area contributed by atoms with Crippen molar-refractivity contribution in [1.82, 2.24) is 10.2 Å². The molecule has 2 aromatic rings. The second-order valence-corrected chi connectivity index (χ2v) is 10.3. The van der Waals surface area contributed by atoms with E-state index in [-0.39, 0.29) is 11.5 Å². The monoisotopic (exact) mass is 458 g/mol. The van der Waals surface area contributed by atoms with Gasteiger partial charge in [0, 0.05) is 35.8 Å². The zero-order chi connectivity index (χ0) is 23.3. The van der Waals surface area contributed by atoms with Crippen molar-refractivity contribution in [2.75, 3.05) is 13.7 Å². The molecule has 5 nitrogen and oxygen atoms in total. The van der Waals surface area contributed by atoms with Crippen LogP contribution in [0.2, 0.25) is 5.02 Å². The van der Waals surface area contributed by atoms with E-state index in [1.165, 1.54) is 0 Å². The standard InChI is InChI=1S/C26H35ClN2O3/c1-26(2,3)17-29(25(30)31)23-12-10-22(11-13-23)28-16-20-15-19(7-14-24(20)32-4)18-5-8-21(27)9-6-18/h5-9,14-15,22-23,28H,10-13,16-17H2,1-4H3,(H,30,31). The molecule has 174 valence electrons. The van der Waals surface area contributed by atoms with E-state index in [1.54, 1.807) is 12.0 Å². The van der Waals surface area contributed by atoms with Gasteiger partial charge in [0.25, 0.3) is 0 Å². The van der Waals surface area contributed by atoms with E-state index in [9.17, 15) is 9.90 Å². The fourth-order valence-electron chi connectivity index (χ4n) is 4.45. The predicted octanol–water partition coefficient (Wildman–Crippen LogP) is 6.44. The average Bonchev–Trinajstić information content (AvgIpc) is 2.76. The van der Waals surface area contributed by atoms with Gasteiger partial charge in [-0.25, -0.2) is 4.79 Å². The highest BCUT2D eigenvalue weighted by Gasteiger charge is 2.31. The van der Waals surface area contributed by atoms with Crippen molar-refractivity contribution in [2.24, 2.45) is 5.41 Å². The van der Waals surface area contributed by atoms with Crippen LogP contribution in [0.5, 0.6) is 5.75 Å². The molecule has 0 unspecified atom stereocenters.